The third-order valence-corrected chi connectivity index (χ3v) is 2.63. The van der Waals surface area contributed by atoms with Crippen LogP contribution in [0.3, 0.4) is 0 Å². The van der Waals surface area contributed by atoms with Gasteiger partial charge in [0.1, 0.15) is 17.0 Å². The summed E-state index contributed by atoms with van der Waals surface area (Å²) in [5.41, 5.74) is 4.42. The summed E-state index contributed by atoms with van der Waals surface area (Å²) >= 11 is 0. The fraction of sp³-hybridized carbons (Fsp3) is 0.529. The first-order valence-corrected chi connectivity index (χ1v) is 7.56. The number of ether oxygens (including phenoxy) is 2. The van der Waals surface area contributed by atoms with E-state index in [2.05, 4.69) is 0 Å². The molecule has 0 saturated carbocycles. The lowest BCUT2D eigenvalue weighted by atomic mass is 10.1. The van der Waals surface area contributed by atoms with E-state index in [0.717, 1.165) is 0 Å². The van der Waals surface area contributed by atoms with Crippen LogP contribution in [0.1, 0.15) is 47.1 Å². The Morgan fingerprint density at radius 3 is 1.92 bits per heavy atom. The van der Waals surface area contributed by atoms with Crippen LogP contribution >= 0.6 is 0 Å². The second kappa shape index (κ2) is 7.07. The number of hydrogen-bond donors (Lipinski definition) is 1. The molecule has 0 spiro atoms. The molecule has 24 heavy (non-hydrogen) atoms. The Hall–Kier alpha value is -2.31. The topological polar surface area (TPSA) is 81.9 Å². The molecule has 1 aromatic carbocycles. The van der Waals surface area contributed by atoms with Gasteiger partial charge in [0, 0.05) is 11.3 Å². The van der Waals surface area contributed by atoms with Gasteiger partial charge in [0.15, 0.2) is 0 Å². The molecule has 0 bridgehead atoms. The lowest BCUT2D eigenvalue weighted by molar-refractivity contribution is -0.000386. The molecular weight excluding hydrogens is 315 g/mol. The van der Waals surface area contributed by atoms with E-state index in [1.165, 1.54) is 18.2 Å². The molecule has 0 aliphatic heterocycles. The van der Waals surface area contributed by atoms with Crippen molar-refractivity contribution in [2.24, 2.45) is 0 Å². The molecule has 2 N–H and O–H groups in total. The van der Waals surface area contributed by atoms with Crippen LogP contribution in [0.4, 0.5) is 19.7 Å². The summed E-state index contributed by atoms with van der Waals surface area (Å²) in [6.45, 7) is 9.65. The minimum atomic E-state index is -0.918. The number of benzene rings is 1. The molecular formula is C17H25FN2O4. The van der Waals surface area contributed by atoms with E-state index in [0.29, 0.717) is 10.6 Å². The Morgan fingerprint density at radius 1 is 1.04 bits per heavy atom. The summed E-state index contributed by atoms with van der Waals surface area (Å²) < 4.78 is 24.4. The van der Waals surface area contributed by atoms with Crippen molar-refractivity contribution in [3.8, 4) is 0 Å². The van der Waals surface area contributed by atoms with E-state index in [1.54, 1.807) is 41.5 Å². The summed E-state index contributed by atoms with van der Waals surface area (Å²) in [4.78, 5) is 25.4. The maximum atomic E-state index is 13.9. The molecule has 134 valence electrons. The van der Waals surface area contributed by atoms with Gasteiger partial charge in [0.05, 0.1) is 6.54 Å². The SMILES string of the molecule is CC(C)(C)OC(=O)N(Cc1cc(N)ccc1F)C(=O)OC(C)(C)C. The second-order valence-electron chi connectivity index (χ2n) is 7.40. The summed E-state index contributed by atoms with van der Waals surface area (Å²) in [6.07, 6.45) is -1.84. The zero-order valence-corrected chi connectivity index (χ0v) is 15.0. The van der Waals surface area contributed by atoms with Crippen molar-refractivity contribution in [2.75, 3.05) is 5.73 Å². The number of nitrogens with two attached hydrogens (primary N) is 1. The van der Waals surface area contributed by atoms with Crippen molar-refractivity contribution in [2.45, 2.75) is 59.3 Å². The molecule has 0 aliphatic rings. The van der Waals surface area contributed by atoms with Crippen LogP contribution in [0.2, 0.25) is 0 Å². The zero-order valence-electron chi connectivity index (χ0n) is 15.0. The van der Waals surface area contributed by atoms with E-state index in [9.17, 15) is 14.0 Å². The van der Waals surface area contributed by atoms with E-state index in [4.69, 9.17) is 15.2 Å². The Morgan fingerprint density at radius 2 is 1.50 bits per heavy atom. The third kappa shape index (κ3) is 6.44. The summed E-state index contributed by atoms with van der Waals surface area (Å²) in [7, 11) is 0. The highest BCUT2D eigenvalue weighted by atomic mass is 19.1. The molecule has 0 aromatic heterocycles. The number of amides is 2. The van der Waals surface area contributed by atoms with E-state index in [-0.39, 0.29) is 12.1 Å². The average molecular weight is 340 g/mol. The molecule has 1 aromatic rings. The number of nitrogens with zero attached hydrogens (tertiary/aromatic N) is 1. The number of halogens is 1. The van der Waals surface area contributed by atoms with Gasteiger partial charge in [-0.2, -0.15) is 0 Å². The van der Waals surface area contributed by atoms with Crippen molar-refractivity contribution in [3.05, 3.63) is 29.6 Å². The molecule has 1 rings (SSSR count). The minimum Gasteiger partial charge on any atom is -0.443 e. The maximum Gasteiger partial charge on any atom is 0.420 e. The first kappa shape index (κ1) is 19.7. The van der Waals surface area contributed by atoms with Crippen LogP contribution in [0.5, 0.6) is 0 Å². The summed E-state index contributed by atoms with van der Waals surface area (Å²) in [5, 5.41) is 0. The highest BCUT2D eigenvalue weighted by Gasteiger charge is 2.31. The summed E-state index contributed by atoms with van der Waals surface area (Å²) in [5.74, 6) is -0.582. The molecule has 0 radical (unpaired) electrons. The molecule has 6 nitrogen and oxygen atoms in total. The van der Waals surface area contributed by atoms with Gasteiger partial charge in [-0.3, -0.25) is 0 Å². The number of carbonyl (C=O) groups excluding carboxylic acids is 2. The third-order valence-electron chi connectivity index (χ3n) is 2.63. The Balaban J connectivity index is 3.10. The maximum absolute atomic E-state index is 13.9. The smallest absolute Gasteiger partial charge is 0.420 e. The molecule has 7 heteroatoms. The number of imide groups is 1. The van der Waals surface area contributed by atoms with E-state index >= 15 is 0 Å². The molecule has 0 aliphatic carbocycles. The first-order chi connectivity index (χ1) is 10.8. The van der Waals surface area contributed by atoms with Gasteiger partial charge in [-0.1, -0.05) is 0 Å². The van der Waals surface area contributed by atoms with Crippen LogP contribution in [-0.2, 0) is 16.0 Å². The Bertz CT molecular complexity index is 590. The van der Waals surface area contributed by atoms with E-state index in [1.807, 2.05) is 0 Å². The van der Waals surface area contributed by atoms with Crippen LogP contribution in [0.25, 0.3) is 0 Å². The minimum absolute atomic E-state index is 0.0896. The van der Waals surface area contributed by atoms with E-state index < -0.39 is 29.2 Å². The molecule has 0 saturated heterocycles. The lowest BCUT2D eigenvalue weighted by Crippen LogP contribution is -2.43. The normalized spacial score (nSPS) is 11.8. The molecule has 0 heterocycles. The van der Waals surface area contributed by atoms with Crippen molar-refractivity contribution >= 4 is 17.9 Å². The Labute approximate surface area is 141 Å². The van der Waals surface area contributed by atoms with Crippen molar-refractivity contribution in [1.82, 2.24) is 4.90 Å². The average Bonchev–Trinajstić information content (AvgIpc) is 2.35. The van der Waals surface area contributed by atoms with Gasteiger partial charge in [-0.05, 0) is 59.7 Å². The number of nitrogen functional groups attached to an aromatic ring is 1. The van der Waals surface area contributed by atoms with Crippen molar-refractivity contribution in [1.29, 1.82) is 0 Å². The van der Waals surface area contributed by atoms with Gasteiger partial charge in [-0.15, -0.1) is 0 Å². The lowest BCUT2D eigenvalue weighted by Gasteiger charge is -2.28. The molecule has 0 fully saturated rings. The highest BCUT2D eigenvalue weighted by Crippen LogP contribution is 2.19. The quantitative estimate of drug-likeness (QED) is 0.820. The fourth-order valence-corrected chi connectivity index (χ4v) is 1.72. The summed E-state index contributed by atoms with van der Waals surface area (Å²) in [6, 6.07) is 3.92. The van der Waals surface area contributed by atoms with Gasteiger partial charge < -0.3 is 15.2 Å². The molecule has 2 amide bonds. The number of carbonyl (C=O) groups is 2. The second-order valence-corrected chi connectivity index (χ2v) is 7.40. The highest BCUT2D eigenvalue weighted by molar-refractivity contribution is 5.88. The standard InChI is InChI=1S/C17H25FN2O4/c1-16(2,3)23-14(21)20(15(22)24-17(4,5)6)10-11-9-12(19)7-8-13(11)18/h7-9H,10,19H2,1-6H3. The van der Waals surface area contributed by atoms with Crippen molar-refractivity contribution in [3.63, 3.8) is 0 Å². The van der Waals surface area contributed by atoms with Gasteiger partial charge in [-0.25, -0.2) is 18.9 Å². The number of hydrogen-bond acceptors (Lipinski definition) is 5. The Kier molecular flexibility index (Phi) is 5.81. The molecule has 0 unspecified atom stereocenters. The fourth-order valence-electron chi connectivity index (χ4n) is 1.72. The van der Waals surface area contributed by atoms with Crippen LogP contribution in [0, 0.1) is 5.82 Å². The number of rotatable bonds is 2. The predicted octanol–water partition coefficient (Wildman–Crippen LogP) is 4.08. The zero-order chi connectivity index (χ0) is 18.7. The molecule has 0 atom stereocenters. The van der Waals surface area contributed by atoms with Gasteiger partial charge in [0.2, 0.25) is 0 Å². The monoisotopic (exact) mass is 340 g/mol. The first-order valence-electron chi connectivity index (χ1n) is 7.56. The van der Waals surface area contributed by atoms with Gasteiger partial charge >= 0.3 is 12.2 Å². The largest absolute Gasteiger partial charge is 0.443 e. The van der Waals surface area contributed by atoms with Gasteiger partial charge in [0.25, 0.3) is 0 Å². The number of anilines is 1. The predicted molar refractivity (Wildman–Crippen MR) is 88.8 cm³/mol. The van der Waals surface area contributed by atoms with Crippen LogP contribution in [0.15, 0.2) is 18.2 Å². The van der Waals surface area contributed by atoms with Crippen LogP contribution in [-0.4, -0.2) is 28.3 Å². The van der Waals surface area contributed by atoms with Crippen LogP contribution < -0.4 is 5.73 Å². The van der Waals surface area contributed by atoms with Crippen molar-refractivity contribution < 1.29 is 23.5 Å².